The number of rotatable bonds is 12. The molecule has 1 unspecified atom stereocenters. The molecule has 0 saturated heterocycles. The molecule has 0 aromatic heterocycles. The molecule has 2 aromatic rings. The van der Waals surface area contributed by atoms with Gasteiger partial charge in [0.1, 0.15) is 5.75 Å². The maximum atomic E-state index is 12.8. The molecule has 0 bridgehead atoms. The number of nitrogens with zero attached hydrogens (tertiary/aromatic N) is 1. The molecule has 0 spiro atoms. The number of carbonyl (C=O) groups excluding carboxylic acids is 2. The Balaban J connectivity index is 1.63. The first-order valence-corrected chi connectivity index (χ1v) is 13.2. The Morgan fingerprint density at radius 2 is 1.97 bits per heavy atom. The number of guanidine groups is 1. The van der Waals surface area contributed by atoms with Crippen molar-refractivity contribution in [3.8, 4) is 5.75 Å². The van der Waals surface area contributed by atoms with E-state index in [-0.39, 0.29) is 23.7 Å². The molecule has 1 heterocycles. The number of carbonyl (C=O) groups is 2. The minimum atomic E-state index is -0.302. The predicted octanol–water partition coefficient (Wildman–Crippen LogP) is 6.14. The van der Waals surface area contributed by atoms with Crippen molar-refractivity contribution in [2.75, 3.05) is 18.5 Å². The summed E-state index contributed by atoms with van der Waals surface area (Å²) in [5, 5.41) is 8.77. The number of amides is 2. The lowest BCUT2D eigenvalue weighted by Gasteiger charge is -2.18. The second-order valence-electron chi connectivity index (χ2n) is 9.65. The Bertz CT molecular complexity index is 1060. The van der Waals surface area contributed by atoms with Crippen molar-refractivity contribution in [3.05, 3.63) is 53.6 Å². The van der Waals surface area contributed by atoms with Crippen molar-refractivity contribution in [2.45, 2.75) is 72.1 Å². The molecule has 2 aromatic carbocycles. The van der Waals surface area contributed by atoms with Crippen LogP contribution in [0.2, 0.25) is 0 Å². The summed E-state index contributed by atoms with van der Waals surface area (Å²) in [4.78, 5) is 28.5. The van der Waals surface area contributed by atoms with E-state index in [1.54, 1.807) is 6.07 Å². The van der Waals surface area contributed by atoms with Gasteiger partial charge in [0.05, 0.1) is 13.2 Å². The Hall–Kier alpha value is -3.35. The second-order valence-corrected chi connectivity index (χ2v) is 9.65. The summed E-state index contributed by atoms with van der Waals surface area (Å²) >= 11 is 0. The third-order valence-corrected chi connectivity index (χ3v) is 6.45. The lowest BCUT2D eigenvalue weighted by atomic mass is 9.96. The first-order chi connectivity index (χ1) is 17.4. The zero-order valence-electron chi connectivity index (χ0n) is 22.0. The molecule has 1 aliphatic rings. The van der Waals surface area contributed by atoms with Gasteiger partial charge in [-0.1, -0.05) is 53.0 Å². The van der Waals surface area contributed by atoms with Crippen LogP contribution >= 0.6 is 0 Å². The summed E-state index contributed by atoms with van der Waals surface area (Å²) in [6.07, 6.45) is 6.37. The summed E-state index contributed by atoms with van der Waals surface area (Å²) in [5.74, 6) is 1.60. The van der Waals surface area contributed by atoms with Gasteiger partial charge >= 0.3 is 0 Å². The van der Waals surface area contributed by atoms with Crippen LogP contribution in [0.15, 0.2) is 47.5 Å². The van der Waals surface area contributed by atoms with Gasteiger partial charge in [0, 0.05) is 29.4 Å². The topological polar surface area (TPSA) is 91.8 Å². The third kappa shape index (κ3) is 8.11. The van der Waals surface area contributed by atoms with E-state index < -0.39 is 0 Å². The van der Waals surface area contributed by atoms with Crippen LogP contribution in [-0.4, -0.2) is 30.9 Å². The third-order valence-electron chi connectivity index (χ3n) is 6.45. The highest BCUT2D eigenvalue weighted by molar-refractivity contribution is 6.10. The van der Waals surface area contributed by atoms with E-state index >= 15 is 0 Å². The summed E-state index contributed by atoms with van der Waals surface area (Å²) in [6, 6.07) is 13.6. The van der Waals surface area contributed by atoms with E-state index in [1.807, 2.05) is 36.4 Å². The first kappa shape index (κ1) is 27.2. The van der Waals surface area contributed by atoms with Gasteiger partial charge in [0.15, 0.2) is 0 Å². The fourth-order valence-electron chi connectivity index (χ4n) is 4.39. The number of benzene rings is 2. The molecule has 0 fully saturated rings. The first-order valence-electron chi connectivity index (χ1n) is 13.2. The second kappa shape index (κ2) is 13.7. The Morgan fingerprint density at radius 1 is 1.14 bits per heavy atom. The van der Waals surface area contributed by atoms with Gasteiger partial charge in [-0.25, -0.2) is 0 Å². The highest BCUT2D eigenvalue weighted by Crippen LogP contribution is 2.30. The maximum Gasteiger partial charge on any atom is 0.257 e. The standard InChI is InChI=1S/C29H40N4O3/c1-5-9-21(6-2)10-8-17-36-24-12-7-11-23(19-24)31-26-14-13-22(18-25(26)20(3)4)28(35)33-29-30-16-15-27(34)32-29/h7,11-14,18-21,31H,5-6,8-10,15-17H2,1-4H3,(H2,30,32,33,34,35). The minimum absolute atomic E-state index is 0.143. The molecule has 1 aliphatic heterocycles. The van der Waals surface area contributed by atoms with Crippen molar-refractivity contribution < 1.29 is 14.3 Å². The van der Waals surface area contributed by atoms with Crippen molar-refractivity contribution >= 4 is 29.1 Å². The van der Waals surface area contributed by atoms with E-state index in [1.165, 1.54) is 25.7 Å². The number of nitrogens with one attached hydrogen (secondary N) is 3. The minimum Gasteiger partial charge on any atom is -0.494 e. The van der Waals surface area contributed by atoms with Crippen LogP contribution in [0, 0.1) is 5.92 Å². The monoisotopic (exact) mass is 492 g/mol. The van der Waals surface area contributed by atoms with Crippen LogP contribution in [0.1, 0.15) is 88.1 Å². The van der Waals surface area contributed by atoms with Crippen LogP contribution in [0.3, 0.4) is 0 Å². The molecular weight excluding hydrogens is 452 g/mol. The molecule has 0 saturated carbocycles. The van der Waals surface area contributed by atoms with Gasteiger partial charge in [-0.2, -0.15) is 0 Å². The predicted molar refractivity (Wildman–Crippen MR) is 146 cm³/mol. The normalized spacial score (nSPS) is 14.1. The summed E-state index contributed by atoms with van der Waals surface area (Å²) in [5.41, 5.74) is 3.40. The van der Waals surface area contributed by atoms with Crippen molar-refractivity contribution in [1.29, 1.82) is 0 Å². The lowest BCUT2D eigenvalue weighted by Crippen LogP contribution is -2.46. The van der Waals surface area contributed by atoms with Gasteiger partial charge in [0.2, 0.25) is 11.9 Å². The van der Waals surface area contributed by atoms with Gasteiger partial charge in [-0.3, -0.25) is 25.2 Å². The molecule has 194 valence electrons. The lowest BCUT2D eigenvalue weighted by molar-refractivity contribution is -0.119. The molecule has 36 heavy (non-hydrogen) atoms. The van der Waals surface area contributed by atoms with E-state index in [4.69, 9.17) is 4.74 Å². The number of hydrogen-bond acceptors (Lipinski definition) is 5. The van der Waals surface area contributed by atoms with Crippen LogP contribution in [-0.2, 0) is 4.79 Å². The largest absolute Gasteiger partial charge is 0.494 e. The van der Waals surface area contributed by atoms with Crippen LogP contribution in [0.5, 0.6) is 5.75 Å². The number of aliphatic imine (C=N–C) groups is 1. The highest BCUT2D eigenvalue weighted by atomic mass is 16.5. The van der Waals surface area contributed by atoms with Crippen molar-refractivity contribution in [2.24, 2.45) is 10.9 Å². The average molecular weight is 493 g/mol. The van der Waals surface area contributed by atoms with Gasteiger partial charge in [0.25, 0.3) is 5.91 Å². The SMILES string of the molecule is CCCC(CC)CCCOc1cccc(Nc2ccc(C(=O)NC3=NCCC(=O)N3)cc2C(C)C)c1. The van der Waals surface area contributed by atoms with E-state index in [0.29, 0.717) is 18.5 Å². The zero-order valence-corrected chi connectivity index (χ0v) is 22.0. The molecule has 0 radical (unpaired) electrons. The summed E-state index contributed by atoms with van der Waals surface area (Å²) < 4.78 is 6.03. The summed E-state index contributed by atoms with van der Waals surface area (Å²) in [7, 11) is 0. The molecule has 3 rings (SSSR count). The highest BCUT2D eigenvalue weighted by Gasteiger charge is 2.17. The summed E-state index contributed by atoms with van der Waals surface area (Å²) in [6.45, 7) is 9.80. The molecule has 7 heteroatoms. The Morgan fingerprint density at radius 3 is 2.69 bits per heavy atom. The van der Waals surface area contributed by atoms with Crippen LogP contribution in [0.4, 0.5) is 11.4 Å². The molecule has 1 atom stereocenters. The maximum absolute atomic E-state index is 12.8. The smallest absolute Gasteiger partial charge is 0.257 e. The molecule has 0 aliphatic carbocycles. The zero-order chi connectivity index (χ0) is 25.9. The average Bonchev–Trinajstić information content (AvgIpc) is 2.86. The number of hydrogen-bond donors (Lipinski definition) is 3. The van der Waals surface area contributed by atoms with Gasteiger partial charge in [-0.05, 0) is 60.6 Å². The molecule has 2 amide bonds. The van der Waals surface area contributed by atoms with E-state index in [2.05, 4.69) is 48.6 Å². The van der Waals surface area contributed by atoms with E-state index in [0.717, 1.165) is 41.6 Å². The molecule has 3 N–H and O–H groups in total. The fourth-order valence-corrected chi connectivity index (χ4v) is 4.39. The Labute approximate surface area is 215 Å². The van der Waals surface area contributed by atoms with Crippen LogP contribution < -0.4 is 20.7 Å². The van der Waals surface area contributed by atoms with Gasteiger partial charge in [-0.15, -0.1) is 0 Å². The quantitative estimate of drug-likeness (QED) is 0.310. The Kier molecular flexibility index (Phi) is 10.3. The fraction of sp³-hybridized carbons (Fsp3) is 0.483. The van der Waals surface area contributed by atoms with E-state index in [9.17, 15) is 9.59 Å². The van der Waals surface area contributed by atoms with Crippen molar-refractivity contribution in [3.63, 3.8) is 0 Å². The van der Waals surface area contributed by atoms with Crippen LogP contribution in [0.25, 0.3) is 0 Å². The molecular formula is C29H40N4O3. The molecule has 7 nitrogen and oxygen atoms in total. The van der Waals surface area contributed by atoms with Crippen molar-refractivity contribution in [1.82, 2.24) is 10.6 Å². The number of anilines is 2. The number of ether oxygens (including phenoxy) is 1. The van der Waals surface area contributed by atoms with Gasteiger partial charge < -0.3 is 10.1 Å².